The molecule has 0 aliphatic carbocycles. The van der Waals surface area contributed by atoms with E-state index in [0.29, 0.717) is 17.3 Å². The Kier molecular flexibility index (Phi) is 6.33. The van der Waals surface area contributed by atoms with Gasteiger partial charge in [-0.25, -0.2) is 4.79 Å². The highest BCUT2D eigenvalue weighted by Crippen LogP contribution is 2.30. The second kappa shape index (κ2) is 8.90. The smallest absolute Gasteiger partial charge is 0.364 e. The average molecular weight is 415 g/mol. The SMILES string of the molecule is COc1ccc(COc2ccc(C=C3SCN(C(=S)C(=O)O)C3=O)cc2)cc1. The Morgan fingerprint density at radius 1 is 1.18 bits per heavy atom. The van der Waals surface area contributed by atoms with Crippen molar-refractivity contribution in [2.24, 2.45) is 0 Å². The number of amides is 1. The summed E-state index contributed by atoms with van der Waals surface area (Å²) in [5.74, 6) is 0.0415. The number of carboxylic acid groups (broad SMARTS) is 1. The molecule has 0 radical (unpaired) electrons. The zero-order chi connectivity index (χ0) is 20.1. The summed E-state index contributed by atoms with van der Waals surface area (Å²) in [6.45, 7) is 0.431. The Morgan fingerprint density at radius 3 is 2.43 bits per heavy atom. The lowest BCUT2D eigenvalue weighted by atomic mass is 10.2. The maximum absolute atomic E-state index is 12.3. The van der Waals surface area contributed by atoms with E-state index in [9.17, 15) is 9.59 Å². The Balaban J connectivity index is 1.61. The average Bonchev–Trinajstić information content (AvgIpc) is 3.07. The second-order valence-electron chi connectivity index (χ2n) is 5.83. The number of carbonyl (C=O) groups is 2. The molecule has 1 heterocycles. The quantitative estimate of drug-likeness (QED) is 0.591. The van der Waals surface area contributed by atoms with Crippen LogP contribution in [-0.2, 0) is 16.2 Å². The van der Waals surface area contributed by atoms with Crippen LogP contribution in [0.1, 0.15) is 11.1 Å². The van der Waals surface area contributed by atoms with Crippen molar-refractivity contribution in [2.75, 3.05) is 13.0 Å². The van der Waals surface area contributed by atoms with Gasteiger partial charge in [0.25, 0.3) is 5.91 Å². The molecule has 2 aromatic carbocycles. The Hall–Kier alpha value is -2.84. The van der Waals surface area contributed by atoms with Crippen molar-refractivity contribution in [2.45, 2.75) is 6.61 Å². The van der Waals surface area contributed by atoms with Crippen LogP contribution in [-0.4, -0.2) is 39.9 Å². The minimum Gasteiger partial charge on any atom is -0.497 e. The molecule has 0 aromatic heterocycles. The van der Waals surface area contributed by atoms with E-state index in [0.717, 1.165) is 21.8 Å². The van der Waals surface area contributed by atoms with Crippen molar-refractivity contribution in [3.63, 3.8) is 0 Å². The first-order chi connectivity index (χ1) is 13.5. The highest BCUT2D eigenvalue weighted by Gasteiger charge is 2.32. The zero-order valence-corrected chi connectivity index (χ0v) is 16.6. The monoisotopic (exact) mass is 415 g/mol. The van der Waals surface area contributed by atoms with E-state index in [1.807, 2.05) is 48.5 Å². The molecule has 0 spiro atoms. The van der Waals surface area contributed by atoms with Crippen LogP contribution in [0, 0.1) is 0 Å². The van der Waals surface area contributed by atoms with Crippen molar-refractivity contribution in [1.82, 2.24) is 4.90 Å². The van der Waals surface area contributed by atoms with E-state index in [1.54, 1.807) is 13.2 Å². The molecule has 0 saturated carbocycles. The van der Waals surface area contributed by atoms with Crippen LogP contribution < -0.4 is 9.47 Å². The number of thiocarbonyl (C=S) groups is 1. The van der Waals surface area contributed by atoms with Crippen LogP contribution in [0.2, 0.25) is 0 Å². The summed E-state index contributed by atoms with van der Waals surface area (Å²) >= 11 is 6.03. The molecule has 2 aromatic rings. The van der Waals surface area contributed by atoms with Gasteiger partial charge in [-0.2, -0.15) is 0 Å². The number of nitrogens with zero attached hydrogens (tertiary/aromatic N) is 1. The first kappa shape index (κ1) is 19.9. The molecular formula is C20H17NO5S2. The van der Waals surface area contributed by atoms with Crippen LogP contribution >= 0.6 is 24.0 Å². The molecule has 144 valence electrons. The highest BCUT2D eigenvalue weighted by molar-refractivity contribution is 8.04. The van der Waals surface area contributed by atoms with Gasteiger partial charge in [-0.05, 0) is 41.5 Å². The van der Waals surface area contributed by atoms with E-state index in [4.69, 9.17) is 26.8 Å². The van der Waals surface area contributed by atoms with Gasteiger partial charge in [0, 0.05) is 0 Å². The molecule has 28 heavy (non-hydrogen) atoms. The fraction of sp³-hybridized carbons (Fsp3) is 0.150. The van der Waals surface area contributed by atoms with Gasteiger partial charge >= 0.3 is 5.97 Å². The molecule has 1 amide bonds. The molecule has 1 aliphatic heterocycles. The van der Waals surface area contributed by atoms with Crippen LogP contribution in [0.5, 0.6) is 11.5 Å². The number of rotatable bonds is 5. The summed E-state index contributed by atoms with van der Waals surface area (Å²) in [6.07, 6.45) is 1.71. The summed E-state index contributed by atoms with van der Waals surface area (Å²) in [6, 6.07) is 14.9. The molecule has 1 aliphatic rings. The molecule has 0 atom stereocenters. The summed E-state index contributed by atoms with van der Waals surface area (Å²) in [5.41, 5.74) is 1.84. The summed E-state index contributed by atoms with van der Waals surface area (Å²) in [7, 11) is 1.62. The van der Waals surface area contributed by atoms with Gasteiger partial charge in [0.05, 0.1) is 17.9 Å². The molecule has 8 heteroatoms. The minimum atomic E-state index is -1.27. The number of carboxylic acids is 1. The van der Waals surface area contributed by atoms with Crippen molar-refractivity contribution in [3.05, 3.63) is 64.6 Å². The second-order valence-corrected chi connectivity index (χ2v) is 7.20. The number of methoxy groups -OCH3 is 1. The summed E-state index contributed by atoms with van der Waals surface area (Å²) < 4.78 is 10.9. The largest absolute Gasteiger partial charge is 0.497 e. The molecule has 1 fully saturated rings. The van der Waals surface area contributed by atoms with Crippen molar-refractivity contribution >= 4 is 46.9 Å². The van der Waals surface area contributed by atoms with Gasteiger partial charge in [-0.3, -0.25) is 9.69 Å². The number of carbonyl (C=O) groups excluding carboxylic acids is 1. The lowest BCUT2D eigenvalue weighted by molar-refractivity contribution is -0.131. The van der Waals surface area contributed by atoms with E-state index in [1.165, 1.54) is 11.8 Å². The lowest BCUT2D eigenvalue weighted by Gasteiger charge is -2.10. The molecule has 0 bridgehead atoms. The Morgan fingerprint density at radius 2 is 1.82 bits per heavy atom. The fourth-order valence-electron chi connectivity index (χ4n) is 2.46. The molecule has 0 unspecified atom stereocenters. The number of ether oxygens (including phenoxy) is 2. The van der Waals surface area contributed by atoms with Crippen LogP contribution in [0.4, 0.5) is 0 Å². The van der Waals surface area contributed by atoms with Crippen LogP contribution in [0.15, 0.2) is 53.4 Å². The number of thioether (sulfide) groups is 1. The van der Waals surface area contributed by atoms with Gasteiger partial charge < -0.3 is 14.6 Å². The van der Waals surface area contributed by atoms with Gasteiger partial charge in [-0.1, -0.05) is 48.2 Å². The van der Waals surface area contributed by atoms with Crippen molar-refractivity contribution in [1.29, 1.82) is 0 Å². The van der Waals surface area contributed by atoms with E-state index in [2.05, 4.69) is 0 Å². The normalized spacial score (nSPS) is 15.0. The van der Waals surface area contributed by atoms with E-state index in [-0.39, 0.29) is 10.9 Å². The van der Waals surface area contributed by atoms with E-state index < -0.39 is 11.9 Å². The minimum absolute atomic E-state index is 0.207. The molecule has 6 nitrogen and oxygen atoms in total. The molecule has 3 rings (SSSR count). The number of hydrogen-bond donors (Lipinski definition) is 1. The molecule has 1 saturated heterocycles. The van der Waals surface area contributed by atoms with Crippen molar-refractivity contribution in [3.8, 4) is 11.5 Å². The first-order valence-electron chi connectivity index (χ1n) is 8.27. The lowest BCUT2D eigenvalue weighted by Crippen LogP contribution is -2.35. The van der Waals surface area contributed by atoms with Gasteiger partial charge in [0.15, 0.2) is 4.99 Å². The highest BCUT2D eigenvalue weighted by atomic mass is 32.2. The van der Waals surface area contributed by atoms with Gasteiger partial charge in [-0.15, -0.1) is 0 Å². The fourth-order valence-corrected chi connectivity index (χ4v) is 3.65. The number of aliphatic carboxylic acids is 1. The van der Waals surface area contributed by atoms with Gasteiger partial charge in [0.2, 0.25) is 0 Å². The predicted molar refractivity (Wildman–Crippen MR) is 111 cm³/mol. The molecular weight excluding hydrogens is 398 g/mol. The maximum Gasteiger partial charge on any atom is 0.364 e. The number of hydrogen-bond acceptors (Lipinski definition) is 6. The van der Waals surface area contributed by atoms with E-state index >= 15 is 0 Å². The summed E-state index contributed by atoms with van der Waals surface area (Å²) in [5, 5.41) is 8.94. The summed E-state index contributed by atoms with van der Waals surface area (Å²) in [4.78, 5) is 24.4. The molecule has 1 N–H and O–H groups in total. The predicted octanol–water partition coefficient (Wildman–Crippen LogP) is 3.56. The first-order valence-corrected chi connectivity index (χ1v) is 9.66. The van der Waals surface area contributed by atoms with Crippen molar-refractivity contribution < 1.29 is 24.2 Å². The Labute approximate surface area is 171 Å². The topological polar surface area (TPSA) is 76.1 Å². The third-order valence-electron chi connectivity index (χ3n) is 3.98. The third-order valence-corrected chi connectivity index (χ3v) is 5.36. The Bertz CT molecular complexity index is 923. The maximum atomic E-state index is 12.3. The number of benzene rings is 2. The third kappa shape index (κ3) is 4.71. The van der Waals surface area contributed by atoms with Crippen LogP contribution in [0.3, 0.4) is 0 Å². The zero-order valence-electron chi connectivity index (χ0n) is 15.0. The van der Waals surface area contributed by atoms with Crippen LogP contribution in [0.25, 0.3) is 6.08 Å². The van der Waals surface area contributed by atoms with Gasteiger partial charge in [0.1, 0.15) is 18.1 Å². The standard InChI is InChI=1S/C20H17NO5S2/c1-25-15-6-4-14(5-7-15)11-26-16-8-2-13(3-9-16)10-17-18(22)21(12-28-17)19(27)20(23)24/h2-10H,11-12H2,1H3,(H,23,24).